The first-order chi connectivity index (χ1) is 6.77. The summed E-state index contributed by atoms with van der Waals surface area (Å²) in [6.45, 7) is 0. The Morgan fingerprint density at radius 3 is 2.71 bits per heavy atom. The van der Waals surface area contributed by atoms with E-state index in [1.54, 1.807) is 6.08 Å². The molecule has 0 aromatic heterocycles. The monoisotopic (exact) mass is 188 g/mol. The summed E-state index contributed by atoms with van der Waals surface area (Å²) in [7, 11) is 0. The minimum Gasteiger partial charge on any atom is -0.478 e. The fourth-order valence-corrected chi connectivity index (χ4v) is 2.11. The average Bonchev–Trinajstić information content (AvgIpc) is 2.75. The van der Waals surface area contributed by atoms with E-state index in [0.717, 1.165) is 11.1 Å². The summed E-state index contributed by atoms with van der Waals surface area (Å²) in [4.78, 5) is 10.9. The molecule has 0 saturated carbocycles. The number of fused-ring (bicyclic) bond motifs is 5. The number of hydrogen-bond donors (Lipinski definition) is 1. The van der Waals surface area contributed by atoms with Crippen LogP contribution in [0.4, 0.5) is 0 Å². The van der Waals surface area contributed by atoms with Crippen LogP contribution in [0.2, 0.25) is 0 Å². The van der Waals surface area contributed by atoms with Crippen LogP contribution in [0.1, 0.15) is 23.3 Å². The summed E-state index contributed by atoms with van der Waals surface area (Å²) >= 11 is 0. The predicted octanol–water partition coefficient (Wildman–Crippen LogP) is 1.82. The Balaban J connectivity index is 2.13. The van der Waals surface area contributed by atoms with Crippen LogP contribution in [0, 0.1) is 0 Å². The van der Waals surface area contributed by atoms with Crippen LogP contribution in [-0.2, 0) is 9.53 Å². The van der Waals surface area contributed by atoms with E-state index in [1.165, 1.54) is 0 Å². The lowest BCUT2D eigenvalue weighted by Crippen LogP contribution is -2.08. The summed E-state index contributed by atoms with van der Waals surface area (Å²) < 4.78 is 5.54. The van der Waals surface area contributed by atoms with E-state index in [1.807, 2.05) is 24.3 Å². The van der Waals surface area contributed by atoms with Crippen molar-refractivity contribution in [2.45, 2.75) is 12.2 Å². The van der Waals surface area contributed by atoms with Gasteiger partial charge in [0.15, 0.2) is 0 Å². The first-order valence-electron chi connectivity index (χ1n) is 4.46. The van der Waals surface area contributed by atoms with Crippen LogP contribution in [0.15, 0.2) is 35.9 Å². The molecule has 0 aliphatic carbocycles. The summed E-state index contributed by atoms with van der Waals surface area (Å²) in [6.07, 6.45) is 1.19. The van der Waals surface area contributed by atoms with Crippen LogP contribution in [0.5, 0.6) is 0 Å². The summed E-state index contributed by atoms with van der Waals surface area (Å²) in [6, 6.07) is 7.75. The number of benzene rings is 1. The molecule has 2 aliphatic heterocycles. The summed E-state index contributed by atoms with van der Waals surface area (Å²) in [5.74, 6) is -0.882. The molecule has 1 N–H and O–H groups in total. The molecule has 1 aromatic rings. The standard InChI is InChI=1S/C11H8O3/c12-11(13)8-5-9-6-3-1-2-4-7(6)10(8)14-9/h1-5,9-10H,(H,12,13)/t9-,10-/m0/s1. The van der Waals surface area contributed by atoms with Crippen molar-refractivity contribution in [3.8, 4) is 0 Å². The fourth-order valence-electron chi connectivity index (χ4n) is 2.11. The van der Waals surface area contributed by atoms with Crippen molar-refractivity contribution in [2.24, 2.45) is 0 Å². The Morgan fingerprint density at radius 1 is 1.29 bits per heavy atom. The zero-order valence-corrected chi connectivity index (χ0v) is 7.31. The average molecular weight is 188 g/mol. The molecule has 3 nitrogen and oxygen atoms in total. The molecule has 0 unspecified atom stereocenters. The SMILES string of the molecule is O=C(O)C1=C[C@@H]2O[C@H]1c1ccccc12. The Hall–Kier alpha value is -1.61. The molecule has 3 rings (SSSR count). The molecule has 70 valence electrons. The maximum Gasteiger partial charge on any atom is 0.334 e. The van der Waals surface area contributed by atoms with Gasteiger partial charge in [-0.3, -0.25) is 0 Å². The maximum atomic E-state index is 10.9. The Kier molecular flexibility index (Phi) is 1.36. The third-order valence-electron chi connectivity index (χ3n) is 2.73. The first kappa shape index (κ1) is 7.76. The number of hydrogen-bond acceptors (Lipinski definition) is 2. The maximum absolute atomic E-state index is 10.9. The molecule has 2 aliphatic rings. The second kappa shape index (κ2) is 2.45. The smallest absolute Gasteiger partial charge is 0.334 e. The molecule has 0 fully saturated rings. The van der Waals surface area contributed by atoms with Gasteiger partial charge in [0.1, 0.15) is 12.2 Å². The van der Waals surface area contributed by atoms with Crippen molar-refractivity contribution < 1.29 is 14.6 Å². The molecule has 0 spiro atoms. The van der Waals surface area contributed by atoms with Crippen LogP contribution in [-0.4, -0.2) is 11.1 Å². The highest BCUT2D eigenvalue weighted by Gasteiger charge is 2.41. The van der Waals surface area contributed by atoms with E-state index >= 15 is 0 Å². The quantitative estimate of drug-likeness (QED) is 0.731. The largest absolute Gasteiger partial charge is 0.478 e. The van der Waals surface area contributed by atoms with Crippen molar-refractivity contribution >= 4 is 5.97 Å². The van der Waals surface area contributed by atoms with Gasteiger partial charge in [0.05, 0.1) is 5.57 Å². The molecule has 14 heavy (non-hydrogen) atoms. The van der Waals surface area contributed by atoms with E-state index in [4.69, 9.17) is 9.84 Å². The number of carboxylic acids is 1. The lowest BCUT2D eigenvalue weighted by atomic mass is 9.92. The van der Waals surface area contributed by atoms with Gasteiger partial charge < -0.3 is 9.84 Å². The Bertz CT molecular complexity index is 448. The first-order valence-corrected chi connectivity index (χ1v) is 4.46. The van der Waals surface area contributed by atoms with Gasteiger partial charge in [0, 0.05) is 0 Å². The number of carboxylic acid groups (broad SMARTS) is 1. The van der Waals surface area contributed by atoms with Gasteiger partial charge in [0.25, 0.3) is 0 Å². The van der Waals surface area contributed by atoms with Gasteiger partial charge in [-0.1, -0.05) is 24.3 Å². The highest BCUT2D eigenvalue weighted by atomic mass is 16.5. The normalized spacial score (nSPS) is 27.3. The van der Waals surface area contributed by atoms with Crippen LogP contribution < -0.4 is 0 Å². The molecule has 3 heteroatoms. The van der Waals surface area contributed by atoms with Crippen molar-refractivity contribution in [3.63, 3.8) is 0 Å². The van der Waals surface area contributed by atoms with Crippen molar-refractivity contribution in [2.75, 3.05) is 0 Å². The zero-order chi connectivity index (χ0) is 9.71. The van der Waals surface area contributed by atoms with Gasteiger partial charge in [-0.05, 0) is 17.2 Å². The molecular weight excluding hydrogens is 180 g/mol. The molecule has 2 atom stereocenters. The lowest BCUT2D eigenvalue weighted by Gasteiger charge is -2.09. The highest BCUT2D eigenvalue weighted by Crippen LogP contribution is 2.49. The summed E-state index contributed by atoms with van der Waals surface area (Å²) in [5, 5.41) is 8.91. The van der Waals surface area contributed by atoms with E-state index in [9.17, 15) is 4.79 Å². The van der Waals surface area contributed by atoms with Crippen LogP contribution >= 0.6 is 0 Å². The second-order valence-corrected chi connectivity index (χ2v) is 3.49. The molecule has 0 saturated heterocycles. The van der Waals surface area contributed by atoms with Crippen molar-refractivity contribution in [3.05, 3.63) is 47.0 Å². The van der Waals surface area contributed by atoms with Gasteiger partial charge >= 0.3 is 5.97 Å². The Morgan fingerprint density at radius 2 is 2.00 bits per heavy atom. The second-order valence-electron chi connectivity index (χ2n) is 3.49. The third-order valence-corrected chi connectivity index (χ3v) is 2.73. The van der Waals surface area contributed by atoms with Crippen molar-refractivity contribution in [1.29, 1.82) is 0 Å². The topological polar surface area (TPSA) is 46.5 Å². The van der Waals surface area contributed by atoms with Gasteiger partial charge in [-0.25, -0.2) is 4.79 Å². The molecule has 1 aromatic carbocycles. The molecule has 2 bridgehead atoms. The Labute approximate surface area is 80.6 Å². The zero-order valence-electron chi connectivity index (χ0n) is 7.31. The van der Waals surface area contributed by atoms with Gasteiger partial charge in [0.2, 0.25) is 0 Å². The molecule has 0 amide bonds. The van der Waals surface area contributed by atoms with Crippen molar-refractivity contribution in [1.82, 2.24) is 0 Å². The van der Waals surface area contributed by atoms with Gasteiger partial charge in [-0.2, -0.15) is 0 Å². The summed E-state index contributed by atoms with van der Waals surface area (Å²) in [5.41, 5.74) is 2.47. The highest BCUT2D eigenvalue weighted by molar-refractivity contribution is 5.89. The predicted molar refractivity (Wildman–Crippen MR) is 48.7 cm³/mol. The molecule has 2 heterocycles. The fraction of sp³-hybridized carbons (Fsp3) is 0.182. The van der Waals surface area contributed by atoms with E-state index < -0.39 is 5.97 Å². The van der Waals surface area contributed by atoms with Crippen LogP contribution in [0.25, 0.3) is 0 Å². The lowest BCUT2D eigenvalue weighted by molar-refractivity contribution is -0.133. The number of ether oxygens (including phenoxy) is 1. The minimum absolute atomic E-state index is 0.151. The number of aliphatic carboxylic acids is 1. The molecule has 0 radical (unpaired) electrons. The van der Waals surface area contributed by atoms with E-state index in [2.05, 4.69) is 0 Å². The third kappa shape index (κ3) is 0.822. The van der Waals surface area contributed by atoms with E-state index in [-0.39, 0.29) is 12.2 Å². The number of rotatable bonds is 1. The van der Waals surface area contributed by atoms with Gasteiger partial charge in [-0.15, -0.1) is 0 Å². The number of carbonyl (C=O) groups is 1. The van der Waals surface area contributed by atoms with Crippen LogP contribution in [0.3, 0.4) is 0 Å². The molecular formula is C11H8O3. The van der Waals surface area contributed by atoms with E-state index in [0.29, 0.717) is 5.57 Å². The minimum atomic E-state index is -0.882.